The number of carbonyl (C=O) groups is 2. The highest BCUT2D eigenvalue weighted by Gasteiger charge is 2.22. The molecule has 0 fully saturated rings. The molecule has 1 aromatic carbocycles. The third-order valence-corrected chi connectivity index (χ3v) is 3.19. The molecule has 0 aromatic heterocycles. The zero-order chi connectivity index (χ0) is 13.4. The minimum atomic E-state index is -0.417. The SMILES string of the molecule is C=CCOC(=O)C(CSC(C)=O)c1ccccc1. The summed E-state index contributed by atoms with van der Waals surface area (Å²) in [4.78, 5) is 22.9. The average Bonchev–Trinajstić information content (AvgIpc) is 2.37. The molecule has 4 heteroatoms. The summed E-state index contributed by atoms with van der Waals surface area (Å²) in [5.41, 5.74) is 0.861. The van der Waals surface area contributed by atoms with Crippen LogP contribution < -0.4 is 0 Å². The van der Waals surface area contributed by atoms with E-state index in [4.69, 9.17) is 4.74 Å². The zero-order valence-corrected chi connectivity index (χ0v) is 11.1. The highest BCUT2D eigenvalue weighted by molar-refractivity contribution is 8.13. The van der Waals surface area contributed by atoms with E-state index in [1.165, 1.54) is 13.0 Å². The molecule has 0 saturated carbocycles. The van der Waals surface area contributed by atoms with E-state index in [9.17, 15) is 9.59 Å². The molecule has 1 unspecified atom stereocenters. The van der Waals surface area contributed by atoms with Crippen molar-refractivity contribution >= 4 is 22.8 Å². The van der Waals surface area contributed by atoms with Crippen molar-refractivity contribution in [3.8, 4) is 0 Å². The van der Waals surface area contributed by atoms with Crippen molar-refractivity contribution in [1.82, 2.24) is 0 Å². The third kappa shape index (κ3) is 4.75. The van der Waals surface area contributed by atoms with Gasteiger partial charge in [-0.3, -0.25) is 9.59 Å². The Kier molecular flexibility index (Phi) is 6.22. The average molecular weight is 264 g/mol. The first-order valence-electron chi connectivity index (χ1n) is 5.61. The number of hydrogen-bond donors (Lipinski definition) is 0. The first kappa shape index (κ1) is 14.5. The van der Waals surface area contributed by atoms with Crippen molar-refractivity contribution in [1.29, 1.82) is 0 Å². The second kappa shape index (κ2) is 7.71. The third-order valence-electron chi connectivity index (χ3n) is 2.28. The van der Waals surface area contributed by atoms with E-state index < -0.39 is 5.92 Å². The van der Waals surface area contributed by atoms with Crippen LogP contribution >= 0.6 is 11.8 Å². The van der Waals surface area contributed by atoms with Crippen LogP contribution in [0.1, 0.15) is 18.4 Å². The fraction of sp³-hybridized carbons (Fsp3) is 0.286. The summed E-state index contributed by atoms with van der Waals surface area (Å²) in [6, 6.07) is 9.33. The van der Waals surface area contributed by atoms with Crippen LogP contribution in [0.25, 0.3) is 0 Å². The Morgan fingerprint density at radius 1 is 1.39 bits per heavy atom. The predicted octanol–water partition coefficient (Wildman–Crippen LogP) is 2.78. The molecule has 0 heterocycles. The molecule has 0 N–H and O–H groups in total. The molecule has 0 aliphatic rings. The smallest absolute Gasteiger partial charge is 0.314 e. The van der Waals surface area contributed by atoms with Crippen LogP contribution in [0.15, 0.2) is 43.0 Å². The number of benzene rings is 1. The van der Waals surface area contributed by atoms with Gasteiger partial charge in [0.1, 0.15) is 6.61 Å². The van der Waals surface area contributed by atoms with Crippen LogP contribution in [0.5, 0.6) is 0 Å². The molecular formula is C14H16O3S. The van der Waals surface area contributed by atoms with E-state index in [0.717, 1.165) is 17.3 Å². The molecule has 0 bridgehead atoms. The van der Waals surface area contributed by atoms with Gasteiger partial charge in [0, 0.05) is 12.7 Å². The zero-order valence-electron chi connectivity index (χ0n) is 10.3. The van der Waals surface area contributed by atoms with Gasteiger partial charge >= 0.3 is 5.97 Å². The van der Waals surface area contributed by atoms with Gasteiger partial charge < -0.3 is 4.74 Å². The van der Waals surface area contributed by atoms with Crippen LogP contribution in [0.2, 0.25) is 0 Å². The van der Waals surface area contributed by atoms with Crippen molar-refractivity contribution in [3.05, 3.63) is 48.6 Å². The summed E-state index contributed by atoms with van der Waals surface area (Å²) >= 11 is 1.13. The normalized spacial score (nSPS) is 11.6. The Hall–Kier alpha value is -1.55. The fourth-order valence-corrected chi connectivity index (χ4v) is 2.16. The number of rotatable bonds is 6. The van der Waals surface area contributed by atoms with Gasteiger partial charge in [-0.1, -0.05) is 54.7 Å². The van der Waals surface area contributed by atoms with Gasteiger partial charge in [-0.05, 0) is 5.56 Å². The molecule has 0 aliphatic carbocycles. The van der Waals surface area contributed by atoms with Gasteiger partial charge in [0.2, 0.25) is 0 Å². The van der Waals surface area contributed by atoms with Gasteiger partial charge in [0.25, 0.3) is 0 Å². The molecule has 96 valence electrons. The summed E-state index contributed by atoms with van der Waals surface area (Å²) in [5, 5.41) is -0.00699. The van der Waals surface area contributed by atoms with Crippen molar-refractivity contribution in [3.63, 3.8) is 0 Å². The highest BCUT2D eigenvalue weighted by Crippen LogP contribution is 2.22. The topological polar surface area (TPSA) is 43.4 Å². The summed E-state index contributed by atoms with van der Waals surface area (Å²) in [7, 11) is 0. The Morgan fingerprint density at radius 2 is 2.06 bits per heavy atom. The first-order chi connectivity index (χ1) is 8.65. The number of carbonyl (C=O) groups excluding carboxylic acids is 2. The van der Waals surface area contributed by atoms with Gasteiger partial charge in [-0.2, -0.15) is 0 Å². The molecule has 0 amide bonds. The van der Waals surface area contributed by atoms with Crippen LogP contribution in [-0.2, 0) is 14.3 Å². The Morgan fingerprint density at radius 3 is 2.61 bits per heavy atom. The van der Waals surface area contributed by atoms with Crippen LogP contribution in [0, 0.1) is 0 Å². The molecule has 0 aliphatic heterocycles. The van der Waals surface area contributed by atoms with E-state index in [0.29, 0.717) is 5.75 Å². The molecule has 1 atom stereocenters. The van der Waals surface area contributed by atoms with E-state index in [1.807, 2.05) is 30.3 Å². The van der Waals surface area contributed by atoms with Crippen LogP contribution in [0.3, 0.4) is 0 Å². The predicted molar refractivity (Wildman–Crippen MR) is 73.5 cm³/mol. The number of thioether (sulfide) groups is 1. The van der Waals surface area contributed by atoms with Crippen molar-refractivity contribution in [2.45, 2.75) is 12.8 Å². The molecule has 0 spiro atoms. The Labute approximate surface area is 111 Å². The molecular weight excluding hydrogens is 248 g/mol. The van der Waals surface area contributed by atoms with Crippen LogP contribution in [0.4, 0.5) is 0 Å². The second-order valence-corrected chi connectivity index (χ2v) is 4.88. The minimum Gasteiger partial charge on any atom is -0.461 e. The summed E-state index contributed by atoms with van der Waals surface area (Å²) in [5.74, 6) is -0.343. The van der Waals surface area contributed by atoms with Crippen molar-refractivity contribution < 1.29 is 14.3 Å². The van der Waals surface area contributed by atoms with Gasteiger partial charge in [0.05, 0.1) is 5.92 Å². The number of ether oxygens (including phenoxy) is 1. The molecule has 1 rings (SSSR count). The Balaban J connectivity index is 2.77. The quantitative estimate of drug-likeness (QED) is 0.585. The largest absolute Gasteiger partial charge is 0.461 e. The lowest BCUT2D eigenvalue weighted by Gasteiger charge is -2.14. The fourth-order valence-electron chi connectivity index (χ4n) is 1.43. The minimum absolute atomic E-state index is 0.00699. The molecule has 18 heavy (non-hydrogen) atoms. The molecule has 1 aromatic rings. The number of hydrogen-bond acceptors (Lipinski definition) is 4. The van der Waals surface area contributed by atoms with Crippen LogP contribution in [-0.4, -0.2) is 23.4 Å². The van der Waals surface area contributed by atoms with Crippen molar-refractivity contribution in [2.75, 3.05) is 12.4 Å². The summed E-state index contributed by atoms with van der Waals surface area (Å²) in [6.45, 7) is 5.18. The van der Waals surface area contributed by atoms with Gasteiger partial charge in [-0.25, -0.2) is 0 Å². The monoisotopic (exact) mass is 264 g/mol. The van der Waals surface area contributed by atoms with Gasteiger partial charge in [0.15, 0.2) is 5.12 Å². The second-order valence-electron chi connectivity index (χ2n) is 3.68. The lowest BCUT2D eigenvalue weighted by atomic mass is 10.0. The standard InChI is InChI=1S/C14H16O3S/c1-3-9-17-14(16)13(10-18-11(2)15)12-7-5-4-6-8-12/h3-8,13H,1,9-10H2,2H3. The molecule has 0 radical (unpaired) electrons. The van der Waals surface area contributed by atoms with E-state index in [1.54, 1.807) is 0 Å². The van der Waals surface area contributed by atoms with Crippen molar-refractivity contribution in [2.24, 2.45) is 0 Å². The summed E-state index contributed by atoms with van der Waals surface area (Å²) in [6.07, 6.45) is 1.53. The van der Waals surface area contributed by atoms with E-state index in [-0.39, 0.29) is 17.7 Å². The highest BCUT2D eigenvalue weighted by atomic mass is 32.2. The molecule has 0 saturated heterocycles. The maximum absolute atomic E-state index is 11.9. The summed E-state index contributed by atoms with van der Waals surface area (Å²) < 4.78 is 5.06. The maximum atomic E-state index is 11.9. The molecule has 3 nitrogen and oxygen atoms in total. The first-order valence-corrected chi connectivity index (χ1v) is 6.59. The van der Waals surface area contributed by atoms with E-state index >= 15 is 0 Å². The number of esters is 1. The Bertz CT molecular complexity index is 414. The van der Waals surface area contributed by atoms with Gasteiger partial charge in [-0.15, -0.1) is 0 Å². The maximum Gasteiger partial charge on any atom is 0.314 e. The lowest BCUT2D eigenvalue weighted by Crippen LogP contribution is -2.18. The lowest BCUT2D eigenvalue weighted by molar-refractivity contribution is -0.143. The van der Waals surface area contributed by atoms with E-state index in [2.05, 4.69) is 6.58 Å².